The van der Waals surface area contributed by atoms with Crippen molar-refractivity contribution in [3.05, 3.63) is 48.0 Å². The molecule has 2 N–H and O–H groups in total. The first-order valence-corrected chi connectivity index (χ1v) is 9.96. The number of carbonyl (C=O) groups excluding carboxylic acids is 1. The highest BCUT2D eigenvalue weighted by molar-refractivity contribution is 7.99. The molecule has 1 heterocycles. The van der Waals surface area contributed by atoms with Gasteiger partial charge in [-0.1, -0.05) is 13.0 Å². The van der Waals surface area contributed by atoms with Crippen LogP contribution >= 0.6 is 11.8 Å². The third-order valence-corrected chi connectivity index (χ3v) is 6.41. The molecule has 3 rings (SSSR count). The summed E-state index contributed by atoms with van der Waals surface area (Å²) in [6.45, 7) is 1.83. The molecule has 1 aliphatic rings. The van der Waals surface area contributed by atoms with Crippen LogP contribution in [0.3, 0.4) is 0 Å². The lowest BCUT2D eigenvalue weighted by Crippen LogP contribution is -2.20. The van der Waals surface area contributed by atoms with E-state index in [9.17, 15) is 13.2 Å². The smallest absolute Gasteiger partial charge is 0.261 e. The third kappa shape index (κ3) is 3.78. The lowest BCUT2D eigenvalue weighted by Gasteiger charge is -2.11. The van der Waals surface area contributed by atoms with Gasteiger partial charge in [-0.15, -0.1) is 11.8 Å². The lowest BCUT2D eigenvalue weighted by atomic mass is 10.2. The molecular weight excluding hydrogens is 358 g/mol. The zero-order valence-electron chi connectivity index (χ0n) is 13.3. The predicted molar refractivity (Wildman–Crippen MR) is 96.9 cm³/mol. The predicted octanol–water partition coefficient (Wildman–Crippen LogP) is 3.04. The molecule has 1 aliphatic heterocycles. The molecule has 0 fully saturated rings. The van der Waals surface area contributed by atoms with Crippen molar-refractivity contribution in [3.63, 3.8) is 0 Å². The number of fused-ring (bicyclic) bond motifs is 1. The van der Waals surface area contributed by atoms with Crippen molar-refractivity contribution < 1.29 is 13.2 Å². The molecule has 0 saturated carbocycles. The lowest BCUT2D eigenvalue weighted by molar-refractivity contribution is -0.118. The summed E-state index contributed by atoms with van der Waals surface area (Å²) in [6, 6.07) is 12.8. The van der Waals surface area contributed by atoms with E-state index in [0.717, 1.165) is 4.90 Å². The summed E-state index contributed by atoms with van der Waals surface area (Å²) >= 11 is 1.52. The number of nitrogens with zero attached hydrogens (tertiary/aromatic N) is 1. The highest BCUT2D eigenvalue weighted by Gasteiger charge is 2.23. The number of hydrogen-bond donors (Lipinski definition) is 2. The highest BCUT2D eigenvalue weighted by Crippen LogP contribution is 2.34. The van der Waals surface area contributed by atoms with Crippen LogP contribution in [-0.2, 0) is 14.8 Å². The van der Waals surface area contributed by atoms with Crippen LogP contribution in [0.25, 0.3) is 0 Å². The molecule has 0 spiro atoms. The Balaban J connectivity index is 1.92. The number of amides is 1. The van der Waals surface area contributed by atoms with Crippen molar-refractivity contribution >= 4 is 39.1 Å². The number of anilines is 2. The number of benzene rings is 2. The van der Waals surface area contributed by atoms with Gasteiger partial charge in [0.2, 0.25) is 5.91 Å². The SMILES string of the molecule is C[C@H]1CSc2ccc(S(=O)(=O)Nc3cccc(C#N)c3)cc2NC1=O. The summed E-state index contributed by atoms with van der Waals surface area (Å²) in [6.07, 6.45) is 0. The van der Waals surface area contributed by atoms with Gasteiger partial charge in [-0.3, -0.25) is 9.52 Å². The molecule has 8 heteroatoms. The van der Waals surface area contributed by atoms with Crippen molar-refractivity contribution in [2.75, 3.05) is 15.8 Å². The number of nitrogens with one attached hydrogen (secondary N) is 2. The summed E-state index contributed by atoms with van der Waals surface area (Å²) < 4.78 is 27.7. The highest BCUT2D eigenvalue weighted by atomic mass is 32.2. The topological polar surface area (TPSA) is 99.1 Å². The van der Waals surface area contributed by atoms with Crippen LogP contribution in [0.15, 0.2) is 52.3 Å². The van der Waals surface area contributed by atoms with Gasteiger partial charge in [0.15, 0.2) is 0 Å². The van der Waals surface area contributed by atoms with E-state index in [-0.39, 0.29) is 16.7 Å². The zero-order chi connectivity index (χ0) is 18.0. The van der Waals surface area contributed by atoms with Gasteiger partial charge >= 0.3 is 0 Å². The summed E-state index contributed by atoms with van der Waals surface area (Å²) in [5, 5.41) is 11.7. The second-order valence-electron chi connectivity index (χ2n) is 5.66. The van der Waals surface area contributed by atoms with Gasteiger partial charge in [-0.05, 0) is 36.4 Å². The summed E-state index contributed by atoms with van der Waals surface area (Å²) in [7, 11) is -3.83. The molecule has 0 radical (unpaired) electrons. The normalized spacial score (nSPS) is 17.0. The van der Waals surface area contributed by atoms with E-state index in [1.807, 2.05) is 13.0 Å². The van der Waals surface area contributed by atoms with Crippen LogP contribution in [0.1, 0.15) is 12.5 Å². The molecule has 25 heavy (non-hydrogen) atoms. The Morgan fingerprint density at radius 2 is 2.08 bits per heavy atom. The second kappa shape index (κ2) is 6.78. The summed E-state index contributed by atoms with van der Waals surface area (Å²) in [4.78, 5) is 12.9. The van der Waals surface area contributed by atoms with Gasteiger partial charge in [0.25, 0.3) is 10.0 Å². The fraction of sp³-hybridized carbons (Fsp3) is 0.176. The van der Waals surface area contributed by atoms with Crippen molar-refractivity contribution in [2.24, 2.45) is 5.92 Å². The van der Waals surface area contributed by atoms with E-state index < -0.39 is 10.0 Å². The van der Waals surface area contributed by atoms with E-state index in [0.29, 0.717) is 22.7 Å². The molecule has 2 aromatic carbocycles. The van der Waals surface area contributed by atoms with Gasteiger partial charge in [-0.2, -0.15) is 5.26 Å². The molecular formula is C17H15N3O3S2. The average molecular weight is 373 g/mol. The minimum absolute atomic E-state index is 0.0454. The third-order valence-electron chi connectivity index (χ3n) is 3.70. The van der Waals surface area contributed by atoms with Crippen molar-refractivity contribution in [3.8, 4) is 6.07 Å². The molecule has 0 saturated heterocycles. The van der Waals surface area contributed by atoms with E-state index in [1.54, 1.807) is 24.3 Å². The number of hydrogen-bond acceptors (Lipinski definition) is 5. The monoisotopic (exact) mass is 373 g/mol. The molecule has 128 valence electrons. The number of carbonyl (C=O) groups is 1. The van der Waals surface area contributed by atoms with Gasteiger partial charge in [0.05, 0.1) is 27.9 Å². The first-order valence-electron chi connectivity index (χ1n) is 7.50. The van der Waals surface area contributed by atoms with Crippen LogP contribution in [0, 0.1) is 17.2 Å². The van der Waals surface area contributed by atoms with Crippen molar-refractivity contribution in [2.45, 2.75) is 16.7 Å². The average Bonchev–Trinajstić information content (AvgIpc) is 2.73. The Bertz CT molecular complexity index is 981. The maximum atomic E-state index is 12.6. The van der Waals surface area contributed by atoms with Gasteiger partial charge in [0.1, 0.15) is 0 Å². The van der Waals surface area contributed by atoms with Crippen LogP contribution < -0.4 is 10.0 Å². The van der Waals surface area contributed by atoms with Crippen molar-refractivity contribution in [1.82, 2.24) is 0 Å². The van der Waals surface area contributed by atoms with Gasteiger partial charge in [0, 0.05) is 16.6 Å². The Labute approximate surface area is 150 Å². The maximum absolute atomic E-state index is 12.6. The first-order chi connectivity index (χ1) is 11.9. The summed E-state index contributed by atoms with van der Waals surface area (Å²) in [5.41, 5.74) is 1.16. The van der Waals surface area contributed by atoms with E-state index in [1.165, 1.54) is 30.0 Å². The number of nitriles is 1. The molecule has 0 bridgehead atoms. The van der Waals surface area contributed by atoms with E-state index in [2.05, 4.69) is 10.0 Å². The van der Waals surface area contributed by atoms with E-state index >= 15 is 0 Å². The van der Waals surface area contributed by atoms with E-state index in [4.69, 9.17) is 5.26 Å². The van der Waals surface area contributed by atoms with Gasteiger partial charge < -0.3 is 5.32 Å². The second-order valence-corrected chi connectivity index (χ2v) is 8.40. The first kappa shape index (κ1) is 17.3. The molecule has 0 aliphatic carbocycles. The Morgan fingerprint density at radius 3 is 2.84 bits per heavy atom. The Hall–Kier alpha value is -2.50. The molecule has 0 aromatic heterocycles. The maximum Gasteiger partial charge on any atom is 0.261 e. The number of rotatable bonds is 3. The fourth-order valence-corrected chi connectivity index (χ4v) is 4.40. The van der Waals surface area contributed by atoms with Crippen LogP contribution in [0.4, 0.5) is 11.4 Å². The largest absolute Gasteiger partial charge is 0.325 e. The standard InChI is InChI=1S/C17H15N3O3S2/c1-11-10-24-16-6-5-14(8-15(16)19-17(11)21)25(22,23)20-13-4-2-3-12(7-13)9-18/h2-8,11,20H,10H2,1H3,(H,19,21)/t11-/m0/s1. The Morgan fingerprint density at radius 1 is 1.28 bits per heavy atom. The van der Waals surface area contributed by atoms with Crippen LogP contribution in [-0.4, -0.2) is 20.1 Å². The Kier molecular flexibility index (Phi) is 4.70. The fourth-order valence-electron chi connectivity index (χ4n) is 2.31. The van der Waals surface area contributed by atoms with Crippen molar-refractivity contribution in [1.29, 1.82) is 5.26 Å². The summed E-state index contributed by atoms with van der Waals surface area (Å²) in [5.74, 6) is 0.365. The minimum Gasteiger partial charge on any atom is -0.325 e. The quantitative estimate of drug-likeness (QED) is 0.861. The zero-order valence-corrected chi connectivity index (χ0v) is 14.9. The molecule has 1 amide bonds. The molecule has 2 aromatic rings. The number of thioether (sulfide) groups is 1. The number of sulfonamides is 1. The van der Waals surface area contributed by atoms with Crippen LogP contribution in [0.5, 0.6) is 0 Å². The van der Waals surface area contributed by atoms with Crippen LogP contribution in [0.2, 0.25) is 0 Å². The molecule has 1 atom stereocenters. The minimum atomic E-state index is -3.83. The molecule has 6 nitrogen and oxygen atoms in total. The van der Waals surface area contributed by atoms with Gasteiger partial charge in [-0.25, -0.2) is 8.42 Å². The molecule has 0 unspecified atom stereocenters.